The first-order chi connectivity index (χ1) is 27.7. The SMILES string of the molecule is Cc1c(N2CCc3cnc(Nc4ccc(CC(=O)N5CC(OC6CCN(c7ccc(C8CCC(=O)NC8=O)cc7)CC6)C5)c(F)c4)nc3C2)cnc2c1NCCO2. The van der Waals surface area contributed by atoms with Gasteiger partial charge in [-0.15, -0.1) is 0 Å². The van der Waals surface area contributed by atoms with E-state index in [-0.39, 0.29) is 42.3 Å². The number of amides is 3. The third kappa shape index (κ3) is 7.80. The van der Waals surface area contributed by atoms with Gasteiger partial charge in [0, 0.05) is 68.8 Å². The van der Waals surface area contributed by atoms with Crippen molar-refractivity contribution in [2.45, 2.75) is 70.1 Å². The topological polar surface area (TPSA) is 154 Å². The van der Waals surface area contributed by atoms with Crippen molar-refractivity contribution in [1.82, 2.24) is 25.2 Å². The van der Waals surface area contributed by atoms with Crippen molar-refractivity contribution in [2.75, 3.05) is 66.3 Å². The number of nitrogens with one attached hydrogen (secondary N) is 3. The summed E-state index contributed by atoms with van der Waals surface area (Å²) in [5.41, 5.74) is 7.91. The molecule has 5 aliphatic heterocycles. The quantitative estimate of drug-likeness (QED) is 0.207. The molecule has 14 nitrogen and oxygen atoms in total. The largest absolute Gasteiger partial charge is 0.474 e. The molecule has 0 bridgehead atoms. The maximum Gasteiger partial charge on any atom is 0.237 e. The summed E-state index contributed by atoms with van der Waals surface area (Å²) in [6, 6.07) is 12.8. The normalized spacial score (nSPS) is 19.8. The Morgan fingerprint density at radius 1 is 0.982 bits per heavy atom. The number of hydrogen-bond donors (Lipinski definition) is 3. The number of rotatable bonds is 9. The van der Waals surface area contributed by atoms with Gasteiger partial charge in [0.1, 0.15) is 18.1 Å². The van der Waals surface area contributed by atoms with E-state index in [1.165, 1.54) is 6.07 Å². The Balaban J connectivity index is 0.726. The molecule has 15 heteroatoms. The van der Waals surface area contributed by atoms with Crippen LogP contribution in [0, 0.1) is 12.7 Å². The monoisotopic (exact) mass is 775 g/mol. The van der Waals surface area contributed by atoms with E-state index in [4.69, 9.17) is 14.5 Å². The molecule has 5 aliphatic rings. The van der Waals surface area contributed by atoms with Crippen LogP contribution in [0.5, 0.6) is 5.88 Å². The zero-order chi connectivity index (χ0) is 39.0. The highest BCUT2D eigenvalue weighted by Gasteiger charge is 2.35. The second-order valence-corrected chi connectivity index (χ2v) is 15.5. The van der Waals surface area contributed by atoms with Crippen LogP contribution in [0.2, 0.25) is 0 Å². The third-order valence-electron chi connectivity index (χ3n) is 11.8. The van der Waals surface area contributed by atoms with E-state index < -0.39 is 5.82 Å². The van der Waals surface area contributed by atoms with Gasteiger partial charge in [-0.05, 0) is 73.6 Å². The third-order valence-corrected chi connectivity index (χ3v) is 11.8. The van der Waals surface area contributed by atoms with Gasteiger partial charge in [0.15, 0.2) is 0 Å². The Labute approximate surface area is 330 Å². The molecule has 9 rings (SSSR count). The predicted octanol–water partition coefficient (Wildman–Crippen LogP) is 4.39. The van der Waals surface area contributed by atoms with E-state index in [1.54, 1.807) is 17.0 Å². The first kappa shape index (κ1) is 36.8. The average molecular weight is 776 g/mol. The highest BCUT2D eigenvalue weighted by molar-refractivity contribution is 6.01. The van der Waals surface area contributed by atoms with Gasteiger partial charge >= 0.3 is 0 Å². The smallest absolute Gasteiger partial charge is 0.237 e. The van der Waals surface area contributed by atoms with Crippen LogP contribution in [0.3, 0.4) is 0 Å². The van der Waals surface area contributed by atoms with Crippen LogP contribution in [-0.2, 0) is 38.5 Å². The minimum atomic E-state index is -0.462. The van der Waals surface area contributed by atoms with E-state index in [1.807, 2.05) is 36.7 Å². The van der Waals surface area contributed by atoms with Gasteiger partial charge in [-0.1, -0.05) is 18.2 Å². The van der Waals surface area contributed by atoms with Gasteiger partial charge in [0.2, 0.25) is 29.5 Å². The molecule has 0 saturated carbocycles. The van der Waals surface area contributed by atoms with Crippen molar-refractivity contribution in [3.05, 3.63) is 88.6 Å². The zero-order valence-electron chi connectivity index (χ0n) is 31.9. The number of benzene rings is 2. The molecule has 3 N–H and O–H groups in total. The Kier molecular flexibility index (Phi) is 10.1. The van der Waals surface area contributed by atoms with Gasteiger partial charge in [-0.3, -0.25) is 19.7 Å². The summed E-state index contributed by atoms with van der Waals surface area (Å²) in [5, 5.41) is 8.98. The lowest BCUT2D eigenvalue weighted by atomic mass is 9.90. The van der Waals surface area contributed by atoms with E-state index in [2.05, 4.69) is 42.6 Å². The number of ether oxygens (including phenoxy) is 2. The van der Waals surface area contributed by atoms with Crippen LogP contribution in [-0.4, -0.2) is 95.7 Å². The number of imide groups is 1. The molecule has 0 radical (unpaired) electrons. The standard InChI is InChI=1S/C42H46FN9O5/c1-25-36(21-45-41-39(25)44-13-17-56-41)51-14-10-28-20-46-42(48-35(28)24-51)47-29-5-2-27(34(43)19-29)18-38(54)52-22-32(23-52)57-31-11-15-50(16-12-31)30-6-3-26(4-7-30)33-8-9-37(53)49-40(33)55/h2-7,19-21,31-33,44H,8-18,22-24H2,1H3,(H,46,47,48)(H,49,53,55). The molecule has 4 aromatic rings. The number of carbonyl (C=O) groups is 3. The van der Waals surface area contributed by atoms with E-state index in [9.17, 15) is 14.4 Å². The number of likely N-dealkylation sites (tertiary alicyclic amines) is 1. The molecule has 7 heterocycles. The van der Waals surface area contributed by atoms with E-state index in [0.717, 1.165) is 84.9 Å². The van der Waals surface area contributed by atoms with E-state index in [0.29, 0.717) is 62.2 Å². The highest BCUT2D eigenvalue weighted by Crippen LogP contribution is 2.36. The van der Waals surface area contributed by atoms with Gasteiger partial charge < -0.3 is 34.8 Å². The molecule has 1 unspecified atom stereocenters. The lowest BCUT2D eigenvalue weighted by Gasteiger charge is -2.42. The summed E-state index contributed by atoms with van der Waals surface area (Å²) in [6.07, 6.45) is 7.21. The molecule has 3 amide bonds. The number of anilines is 5. The first-order valence-corrected chi connectivity index (χ1v) is 19.9. The molecule has 3 saturated heterocycles. The summed E-state index contributed by atoms with van der Waals surface area (Å²) >= 11 is 0. The second-order valence-electron chi connectivity index (χ2n) is 15.5. The van der Waals surface area contributed by atoms with Gasteiger partial charge in [0.05, 0.1) is 48.7 Å². The zero-order valence-corrected chi connectivity index (χ0v) is 31.9. The number of carbonyl (C=O) groups excluding carboxylic acids is 3. The van der Waals surface area contributed by atoms with Crippen molar-refractivity contribution >= 4 is 46.4 Å². The number of fused-ring (bicyclic) bond motifs is 2. The fraction of sp³-hybridized carbons (Fsp3) is 0.429. The van der Waals surface area contributed by atoms with E-state index >= 15 is 4.39 Å². The number of halogens is 1. The molecular formula is C42H46FN9O5. The van der Waals surface area contributed by atoms with Gasteiger partial charge in [-0.25, -0.2) is 19.3 Å². The van der Waals surface area contributed by atoms with Gasteiger partial charge in [-0.2, -0.15) is 0 Å². The predicted molar refractivity (Wildman–Crippen MR) is 211 cm³/mol. The average Bonchev–Trinajstić information content (AvgIpc) is 3.20. The lowest BCUT2D eigenvalue weighted by Crippen LogP contribution is -2.56. The first-order valence-electron chi connectivity index (χ1n) is 19.9. The van der Waals surface area contributed by atoms with Crippen LogP contribution in [0.4, 0.5) is 33.1 Å². The summed E-state index contributed by atoms with van der Waals surface area (Å²) in [7, 11) is 0. The highest BCUT2D eigenvalue weighted by atomic mass is 19.1. The Bertz CT molecular complexity index is 2190. The second kappa shape index (κ2) is 15.6. The van der Waals surface area contributed by atoms with Crippen molar-refractivity contribution in [3.8, 4) is 5.88 Å². The Hall–Kier alpha value is -5.83. The molecule has 57 heavy (non-hydrogen) atoms. The Morgan fingerprint density at radius 3 is 2.60 bits per heavy atom. The van der Waals surface area contributed by atoms with Crippen molar-refractivity contribution in [2.24, 2.45) is 0 Å². The number of hydrogen-bond acceptors (Lipinski definition) is 12. The number of aromatic nitrogens is 3. The number of piperidine rings is 2. The number of nitrogens with zero attached hydrogens (tertiary/aromatic N) is 6. The van der Waals surface area contributed by atoms with Crippen molar-refractivity contribution in [1.29, 1.82) is 0 Å². The van der Waals surface area contributed by atoms with Crippen molar-refractivity contribution < 1.29 is 28.2 Å². The molecule has 3 fully saturated rings. The van der Waals surface area contributed by atoms with Crippen molar-refractivity contribution in [3.63, 3.8) is 0 Å². The Morgan fingerprint density at radius 2 is 1.81 bits per heavy atom. The molecule has 296 valence electrons. The summed E-state index contributed by atoms with van der Waals surface area (Å²) in [5.74, 6) is -0.288. The minimum Gasteiger partial charge on any atom is -0.474 e. The van der Waals surface area contributed by atoms with Crippen LogP contribution in [0.25, 0.3) is 0 Å². The molecule has 2 aromatic heterocycles. The fourth-order valence-electron chi connectivity index (χ4n) is 8.45. The molecule has 1 atom stereocenters. The van der Waals surface area contributed by atoms with Gasteiger partial charge in [0.25, 0.3) is 0 Å². The maximum absolute atomic E-state index is 15.3. The lowest BCUT2D eigenvalue weighted by molar-refractivity contribution is -0.150. The number of pyridine rings is 1. The summed E-state index contributed by atoms with van der Waals surface area (Å²) in [4.78, 5) is 57.0. The summed E-state index contributed by atoms with van der Waals surface area (Å²) in [6.45, 7) is 7.53. The molecule has 0 spiro atoms. The van der Waals surface area contributed by atoms with Crippen LogP contribution < -0.4 is 30.5 Å². The van der Waals surface area contributed by atoms with Crippen LogP contribution in [0.1, 0.15) is 59.5 Å². The fourth-order valence-corrected chi connectivity index (χ4v) is 8.45. The summed E-state index contributed by atoms with van der Waals surface area (Å²) < 4.78 is 27.4. The molecule has 0 aliphatic carbocycles. The van der Waals surface area contributed by atoms with Crippen LogP contribution >= 0.6 is 0 Å². The minimum absolute atomic E-state index is 0.0243. The molecule has 2 aromatic carbocycles. The molecular weight excluding hydrogens is 730 g/mol. The van der Waals surface area contributed by atoms with Crippen LogP contribution in [0.15, 0.2) is 54.9 Å². The maximum atomic E-state index is 15.3.